The van der Waals surface area contributed by atoms with Gasteiger partial charge in [0.1, 0.15) is 0 Å². The van der Waals surface area contributed by atoms with Gasteiger partial charge in [-0.05, 0) is 35.4 Å². The Morgan fingerprint density at radius 2 is 1.91 bits per heavy atom. The van der Waals surface area contributed by atoms with E-state index >= 15 is 0 Å². The lowest BCUT2D eigenvalue weighted by Crippen LogP contribution is -2.19. The number of amides is 1. The van der Waals surface area contributed by atoms with Crippen molar-refractivity contribution >= 4 is 22.9 Å². The Morgan fingerprint density at radius 1 is 1.09 bits per heavy atom. The fourth-order valence-corrected chi connectivity index (χ4v) is 2.35. The van der Waals surface area contributed by atoms with Crippen molar-refractivity contribution in [2.24, 2.45) is 5.10 Å². The highest BCUT2D eigenvalue weighted by Crippen LogP contribution is 2.21. The van der Waals surface area contributed by atoms with Gasteiger partial charge in [-0.3, -0.25) is 9.78 Å². The van der Waals surface area contributed by atoms with Gasteiger partial charge in [0.25, 0.3) is 5.91 Å². The largest absolute Gasteiger partial charge is 0.272 e. The van der Waals surface area contributed by atoms with E-state index in [1.807, 2.05) is 61.5 Å². The Balaban J connectivity index is 1.86. The van der Waals surface area contributed by atoms with Crippen molar-refractivity contribution in [2.45, 2.75) is 6.92 Å². The number of aromatic nitrogens is 1. The zero-order valence-electron chi connectivity index (χ0n) is 12.2. The van der Waals surface area contributed by atoms with Crippen molar-refractivity contribution in [2.75, 3.05) is 0 Å². The Hall–Kier alpha value is -3.01. The molecule has 4 nitrogen and oxygen atoms in total. The zero-order chi connectivity index (χ0) is 15.4. The topological polar surface area (TPSA) is 54.4 Å². The smallest absolute Gasteiger partial charge is 0.267 e. The van der Waals surface area contributed by atoms with Crippen LogP contribution in [0.1, 0.15) is 21.6 Å². The Bertz CT molecular complexity index is 841. The molecule has 0 spiro atoms. The lowest BCUT2D eigenvalue weighted by atomic mass is 9.99. The average Bonchev–Trinajstić information content (AvgIpc) is 2.55. The fraction of sp³-hybridized carbons (Fsp3) is 0.0556. The van der Waals surface area contributed by atoms with Crippen LogP contribution in [0.15, 0.2) is 65.9 Å². The number of aryl methyl sites for hydroxylation is 1. The molecule has 0 aliphatic heterocycles. The molecular weight excluding hydrogens is 274 g/mol. The third-order valence-electron chi connectivity index (χ3n) is 3.42. The summed E-state index contributed by atoms with van der Waals surface area (Å²) in [5.41, 5.74) is 4.83. The van der Waals surface area contributed by atoms with E-state index < -0.39 is 0 Å². The van der Waals surface area contributed by atoms with E-state index in [1.165, 1.54) is 6.21 Å². The molecule has 0 saturated heterocycles. The van der Waals surface area contributed by atoms with E-state index in [1.54, 1.807) is 6.20 Å². The van der Waals surface area contributed by atoms with Gasteiger partial charge in [0.05, 0.1) is 17.5 Å². The number of nitrogens with zero attached hydrogens (tertiary/aromatic N) is 2. The summed E-state index contributed by atoms with van der Waals surface area (Å²) in [5, 5.41) is 5.94. The van der Waals surface area contributed by atoms with Gasteiger partial charge in [-0.2, -0.15) is 5.10 Å². The van der Waals surface area contributed by atoms with Crippen LogP contribution in [-0.2, 0) is 0 Å². The molecule has 22 heavy (non-hydrogen) atoms. The molecule has 0 fully saturated rings. The first kappa shape index (κ1) is 13.9. The van der Waals surface area contributed by atoms with Crippen molar-refractivity contribution in [3.63, 3.8) is 0 Å². The standard InChI is InChI=1S/C18H15N3O/c1-13-9-10-14-6-2-3-8-16(14)17(13)18(22)21-20-12-15-7-4-5-11-19-15/h2-12H,1H3,(H,21,22)/b20-12-. The van der Waals surface area contributed by atoms with Gasteiger partial charge >= 0.3 is 0 Å². The van der Waals surface area contributed by atoms with E-state index in [0.29, 0.717) is 11.3 Å². The predicted octanol–water partition coefficient (Wildman–Crippen LogP) is 3.31. The summed E-state index contributed by atoms with van der Waals surface area (Å²) in [4.78, 5) is 16.5. The number of carbonyl (C=O) groups is 1. The molecule has 0 bridgehead atoms. The molecule has 0 radical (unpaired) electrons. The Labute approximate surface area is 128 Å². The highest BCUT2D eigenvalue weighted by atomic mass is 16.2. The van der Waals surface area contributed by atoms with Crippen LogP contribution in [0, 0.1) is 6.92 Å². The minimum Gasteiger partial charge on any atom is -0.267 e. The number of pyridine rings is 1. The Morgan fingerprint density at radius 3 is 2.73 bits per heavy atom. The van der Waals surface area contributed by atoms with Crippen LogP contribution < -0.4 is 5.43 Å². The van der Waals surface area contributed by atoms with Gasteiger partial charge in [-0.25, -0.2) is 5.43 Å². The van der Waals surface area contributed by atoms with Crippen molar-refractivity contribution in [1.29, 1.82) is 0 Å². The summed E-state index contributed by atoms with van der Waals surface area (Å²) in [7, 11) is 0. The summed E-state index contributed by atoms with van der Waals surface area (Å²) in [6, 6.07) is 17.3. The molecule has 0 saturated carbocycles. The molecule has 0 aliphatic carbocycles. The van der Waals surface area contributed by atoms with E-state index in [0.717, 1.165) is 16.3 Å². The molecule has 2 aromatic carbocycles. The van der Waals surface area contributed by atoms with Crippen molar-refractivity contribution in [1.82, 2.24) is 10.4 Å². The molecule has 108 valence electrons. The monoisotopic (exact) mass is 289 g/mol. The number of fused-ring (bicyclic) bond motifs is 1. The minimum absolute atomic E-state index is 0.221. The predicted molar refractivity (Wildman–Crippen MR) is 88.0 cm³/mol. The maximum absolute atomic E-state index is 12.4. The molecule has 1 aromatic heterocycles. The number of hydrogen-bond donors (Lipinski definition) is 1. The third-order valence-corrected chi connectivity index (χ3v) is 3.42. The lowest BCUT2D eigenvalue weighted by Gasteiger charge is -2.08. The molecule has 3 aromatic rings. The van der Waals surface area contributed by atoms with Gasteiger partial charge in [0.15, 0.2) is 0 Å². The van der Waals surface area contributed by atoms with Crippen LogP contribution in [0.4, 0.5) is 0 Å². The first-order valence-electron chi connectivity index (χ1n) is 6.98. The average molecular weight is 289 g/mol. The second kappa shape index (κ2) is 6.18. The molecule has 1 heterocycles. The second-order valence-electron chi connectivity index (χ2n) is 4.93. The van der Waals surface area contributed by atoms with Crippen LogP contribution in [0.25, 0.3) is 10.8 Å². The molecule has 1 amide bonds. The summed E-state index contributed by atoms with van der Waals surface area (Å²) in [6.45, 7) is 1.92. The van der Waals surface area contributed by atoms with Gasteiger partial charge < -0.3 is 0 Å². The number of benzene rings is 2. The SMILES string of the molecule is Cc1ccc2ccccc2c1C(=O)N/N=C\c1ccccn1. The summed E-state index contributed by atoms with van der Waals surface area (Å²) in [6.07, 6.45) is 3.20. The number of nitrogens with one attached hydrogen (secondary N) is 1. The van der Waals surface area contributed by atoms with E-state index in [2.05, 4.69) is 15.5 Å². The quantitative estimate of drug-likeness (QED) is 0.594. The van der Waals surface area contributed by atoms with Crippen LogP contribution in [0.5, 0.6) is 0 Å². The summed E-state index contributed by atoms with van der Waals surface area (Å²) in [5.74, 6) is -0.221. The number of rotatable bonds is 3. The normalized spacial score (nSPS) is 11.0. The van der Waals surface area contributed by atoms with Crippen LogP contribution >= 0.6 is 0 Å². The van der Waals surface area contributed by atoms with E-state index in [4.69, 9.17) is 0 Å². The first-order chi connectivity index (χ1) is 10.8. The van der Waals surface area contributed by atoms with Crippen LogP contribution in [0.2, 0.25) is 0 Å². The van der Waals surface area contributed by atoms with E-state index in [9.17, 15) is 4.79 Å². The van der Waals surface area contributed by atoms with Crippen LogP contribution in [0.3, 0.4) is 0 Å². The van der Waals surface area contributed by atoms with Crippen molar-refractivity contribution in [3.8, 4) is 0 Å². The Kier molecular flexibility index (Phi) is 3.92. The molecule has 1 N–H and O–H groups in total. The molecule has 0 aliphatic rings. The second-order valence-corrected chi connectivity index (χ2v) is 4.93. The van der Waals surface area contributed by atoms with Gasteiger partial charge in [-0.1, -0.05) is 42.5 Å². The highest BCUT2D eigenvalue weighted by molar-refractivity contribution is 6.08. The molecular formula is C18H15N3O. The van der Waals surface area contributed by atoms with Crippen LogP contribution in [-0.4, -0.2) is 17.1 Å². The molecule has 0 unspecified atom stereocenters. The highest BCUT2D eigenvalue weighted by Gasteiger charge is 2.12. The lowest BCUT2D eigenvalue weighted by molar-refractivity contribution is 0.0956. The molecule has 3 rings (SSSR count). The fourth-order valence-electron chi connectivity index (χ4n) is 2.35. The van der Waals surface area contributed by atoms with Gasteiger partial charge in [0, 0.05) is 6.20 Å². The number of carbonyl (C=O) groups excluding carboxylic acids is 1. The number of hydrazone groups is 1. The molecule has 4 heteroatoms. The zero-order valence-corrected chi connectivity index (χ0v) is 12.2. The molecule has 0 atom stereocenters. The third kappa shape index (κ3) is 2.86. The van der Waals surface area contributed by atoms with Gasteiger partial charge in [0.2, 0.25) is 0 Å². The van der Waals surface area contributed by atoms with Crippen molar-refractivity contribution < 1.29 is 4.79 Å². The maximum Gasteiger partial charge on any atom is 0.272 e. The number of hydrogen-bond acceptors (Lipinski definition) is 3. The van der Waals surface area contributed by atoms with Gasteiger partial charge in [-0.15, -0.1) is 0 Å². The maximum atomic E-state index is 12.4. The minimum atomic E-state index is -0.221. The summed E-state index contributed by atoms with van der Waals surface area (Å²) >= 11 is 0. The summed E-state index contributed by atoms with van der Waals surface area (Å²) < 4.78 is 0. The van der Waals surface area contributed by atoms with E-state index in [-0.39, 0.29) is 5.91 Å². The first-order valence-corrected chi connectivity index (χ1v) is 6.98. The van der Waals surface area contributed by atoms with Crippen molar-refractivity contribution in [3.05, 3.63) is 77.6 Å².